The maximum atomic E-state index is 6.04. The summed E-state index contributed by atoms with van der Waals surface area (Å²) in [6.07, 6.45) is 0. The zero-order valence-corrected chi connectivity index (χ0v) is 13.1. The molecule has 2 aromatic rings. The van der Waals surface area contributed by atoms with Gasteiger partial charge in [-0.2, -0.15) is 0 Å². The average Bonchev–Trinajstić information content (AvgIpc) is 2.76. The van der Waals surface area contributed by atoms with Crippen molar-refractivity contribution in [2.75, 3.05) is 20.1 Å². The van der Waals surface area contributed by atoms with Gasteiger partial charge in [0.1, 0.15) is 11.3 Å². The van der Waals surface area contributed by atoms with Crippen LogP contribution in [-0.4, -0.2) is 25.0 Å². The third-order valence-electron chi connectivity index (χ3n) is 3.59. The molecule has 3 heteroatoms. The third-order valence-corrected chi connectivity index (χ3v) is 3.59. The fraction of sp³-hybridized carbons (Fsp3) is 0.529. The summed E-state index contributed by atoms with van der Waals surface area (Å²) in [7, 11) is 2.15. The van der Waals surface area contributed by atoms with Crippen LogP contribution in [0.5, 0.6) is 0 Å². The van der Waals surface area contributed by atoms with Gasteiger partial charge < -0.3 is 14.6 Å². The van der Waals surface area contributed by atoms with Crippen molar-refractivity contribution in [3.63, 3.8) is 0 Å². The molecule has 3 nitrogen and oxygen atoms in total. The minimum Gasteiger partial charge on any atom is -0.459 e. The molecule has 1 heterocycles. The molecule has 0 saturated carbocycles. The van der Waals surface area contributed by atoms with Gasteiger partial charge in [0.25, 0.3) is 0 Å². The van der Waals surface area contributed by atoms with E-state index in [2.05, 4.69) is 56.2 Å². The number of rotatable bonds is 7. The largest absolute Gasteiger partial charge is 0.459 e. The first kappa shape index (κ1) is 15.1. The molecule has 0 saturated heterocycles. The van der Waals surface area contributed by atoms with Gasteiger partial charge in [0.2, 0.25) is 0 Å². The van der Waals surface area contributed by atoms with Crippen molar-refractivity contribution >= 4 is 11.0 Å². The number of fused-ring (bicyclic) bond motifs is 1. The molecule has 2 rings (SSSR count). The molecule has 1 N–H and O–H groups in total. The van der Waals surface area contributed by atoms with Crippen molar-refractivity contribution < 1.29 is 4.42 Å². The van der Waals surface area contributed by atoms with E-state index >= 15 is 0 Å². The summed E-state index contributed by atoms with van der Waals surface area (Å²) in [6.45, 7) is 10.4. The Kier molecular flexibility index (Phi) is 5.21. The maximum absolute atomic E-state index is 6.04. The van der Waals surface area contributed by atoms with Crippen LogP contribution in [0, 0.1) is 5.92 Å². The van der Waals surface area contributed by atoms with Crippen LogP contribution in [0.15, 0.2) is 28.7 Å². The lowest BCUT2D eigenvalue weighted by Gasteiger charge is -2.14. The Hall–Kier alpha value is -1.32. The van der Waals surface area contributed by atoms with Gasteiger partial charge in [-0.1, -0.05) is 39.0 Å². The van der Waals surface area contributed by atoms with Gasteiger partial charge in [-0.15, -0.1) is 0 Å². The van der Waals surface area contributed by atoms with E-state index in [9.17, 15) is 0 Å². The average molecular weight is 274 g/mol. The Morgan fingerprint density at radius 1 is 1.25 bits per heavy atom. The summed E-state index contributed by atoms with van der Waals surface area (Å²) in [5, 5.41) is 4.73. The number of benzene rings is 1. The minimum absolute atomic E-state index is 0.654. The van der Waals surface area contributed by atoms with Gasteiger partial charge in [-0.05, 0) is 32.1 Å². The number of hydrogen-bond donors (Lipinski definition) is 1. The third kappa shape index (κ3) is 3.62. The molecule has 0 atom stereocenters. The van der Waals surface area contributed by atoms with Crippen molar-refractivity contribution in [3.05, 3.63) is 35.6 Å². The quantitative estimate of drug-likeness (QED) is 0.835. The number of para-hydroxylation sites is 1. The molecule has 0 amide bonds. The number of hydrogen-bond acceptors (Lipinski definition) is 3. The fourth-order valence-corrected chi connectivity index (χ4v) is 2.32. The monoisotopic (exact) mass is 274 g/mol. The number of nitrogens with zero attached hydrogens (tertiary/aromatic N) is 1. The van der Waals surface area contributed by atoms with Gasteiger partial charge in [0.15, 0.2) is 0 Å². The molecule has 0 radical (unpaired) electrons. The molecule has 0 fully saturated rings. The summed E-state index contributed by atoms with van der Waals surface area (Å²) in [4.78, 5) is 2.31. The van der Waals surface area contributed by atoms with E-state index in [0.717, 1.165) is 37.5 Å². The Morgan fingerprint density at radius 2 is 2.00 bits per heavy atom. The van der Waals surface area contributed by atoms with E-state index in [1.807, 2.05) is 6.07 Å². The van der Waals surface area contributed by atoms with E-state index in [4.69, 9.17) is 4.42 Å². The summed E-state index contributed by atoms with van der Waals surface area (Å²) in [5.74, 6) is 1.73. The predicted octanol–water partition coefficient (Wildman–Crippen LogP) is 3.63. The standard InChI is InChI=1S/C17H26N2O/c1-5-19(4)12-15-14-8-6-7-9-16(14)20-17(15)11-18-10-13(2)3/h6-9,13,18H,5,10-12H2,1-4H3. The number of furan rings is 1. The second kappa shape index (κ2) is 6.91. The lowest BCUT2D eigenvalue weighted by atomic mass is 10.1. The lowest BCUT2D eigenvalue weighted by molar-refractivity contribution is 0.341. The molecular formula is C17H26N2O. The maximum Gasteiger partial charge on any atom is 0.134 e. The Morgan fingerprint density at radius 3 is 2.70 bits per heavy atom. The van der Waals surface area contributed by atoms with E-state index in [-0.39, 0.29) is 0 Å². The molecule has 1 aromatic carbocycles. The van der Waals surface area contributed by atoms with Crippen LogP contribution in [-0.2, 0) is 13.1 Å². The zero-order chi connectivity index (χ0) is 14.5. The molecule has 20 heavy (non-hydrogen) atoms. The van der Waals surface area contributed by atoms with E-state index in [1.54, 1.807) is 0 Å². The SMILES string of the molecule is CCN(C)Cc1c(CNCC(C)C)oc2ccccc12. The topological polar surface area (TPSA) is 28.4 Å². The summed E-state index contributed by atoms with van der Waals surface area (Å²) < 4.78 is 6.04. The van der Waals surface area contributed by atoms with Crippen LogP contribution in [0.3, 0.4) is 0 Å². The van der Waals surface area contributed by atoms with Crippen LogP contribution < -0.4 is 5.32 Å². The van der Waals surface area contributed by atoms with Crippen molar-refractivity contribution in [1.29, 1.82) is 0 Å². The summed E-state index contributed by atoms with van der Waals surface area (Å²) >= 11 is 0. The van der Waals surface area contributed by atoms with Crippen LogP contribution in [0.25, 0.3) is 11.0 Å². The first-order valence-corrected chi connectivity index (χ1v) is 7.50. The Bertz CT molecular complexity index is 545. The van der Waals surface area contributed by atoms with Crippen LogP contribution in [0.1, 0.15) is 32.1 Å². The minimum atomic E-state index is 0.654. The van der Waals surface area contributed by atoms with E-state index in [0.29, 0.717) is 5.92 Å². The molecule has 0 aliphatic rings. The van der Waals surface area contributed by atoms with Crippen LogP contribution in [0.2, 0.25) is 0 Å². The van der Waals surface area contributed by atoms with Crippen molar-refractivity contribution in [1.82, 2.24) is 10.2 Å². The predicted molar refractivity (Wildman–Crippen MR) is 84.8 cm³/mol. The first-order chi connectivity index (χ1) is 9.61. The normalized spacial score (nSPS) is 11.9. The van der Waals surface area contributed by atoms with E-state index in [1.165, 1.54) is 10.9 Å². The molecule has 0 aliphatic carbocycles. The van der Waals surface area contributed by atoms with Gasteiger partial charge in [0.05, 0.1) is 6.54 Å². The smallest absolute Gasteiger partial charge is 0.134 e. The highest BCUT2D eigenvalue weighted by Crippen LogP contribution is 2.26. The molecule has 0 unspecified atom stereocenters. The van der Waals surface area contributed by atoms with Crippen molar-refractivity contribution in [3.8, 4) is 0 Å². The van der Waals surface area contributed by atoms with Crippen molar-refractivity contribution in [2.24, 2.45) is 5.92 Å². The lowest BCUT2D eigenvalue weighted by Crippen LogP contribution is -2.21. The molecule has 1 aromatic heterocycles. The van der Waals surface area contributed by atoms with Gasteiger partial charge in [0, 0.05) is 17.5 Å². The molecular weight excluding hydrogens is 248 g/mol. The van der Waals surface area contributed by atoms with Crippen LogP contribution in [0.4, 0.5) is 0 Å². The highest BCUT2D eigenvalue weighted by molar-refractivity contribution is 5.82. The van der Waals surface area contributed by atoms with Gasteiger partial charge >= 0.3 is 0 Å². The molecule has 110 valence electrons. The second-order valence-electron chi connectivity index (χ2n) is 5.86. The fourth-order valence-electron chi connectivity index (χ4n) is 2.32. The van der Waals surface area contributed by atoms with Crippen molar-refractivity contribution in [2.45, 2.75) is 33.9 Å². The Balaban J connectivity index is 2.24. The van der Waals surface area contributed by atoms with Gasteiger partial charge in [-0.3, -0.25) is 0 Å². The Labute approximate surface area is 122 Å². The first-order valence-electron chi connectivity index (χ1n) is 7.50. The molecule has 0 bridgehead atoms. The summed E-state index contributed by atoms with van der Waals surface area (Å²) in [5.41, 5.74) is 2.31. The van der Waals surface area contributed by atoms with Gasteiger partial charge in [-0.25, -0.2) is 0 Å². The second-order valence-corrected chi connectivity index (χ2v) is 5.86. The molecule has 0 aliphatic heterocycles. The summed E-state index contributed by atoms with van der Waals surface area (Å²) in [6, 6.07) is 8.32. The number of nitrogens with one attached hydrogen (secondary N) is 1. The van der Waals surface area contributed by atoms with E-state index < -0.39 is 0 Å². The zero-order valence-electron chi connectivity index (χ0n) is 13.1. The molecule has 0 spiro atoms. The highest BCUT2D eigenvalue weighted by atomic mass is 16.3. The van der Waals surface area contributed by atoms with Crippen LogP contribution >= 0.6 is 0 Å². The highest BCUT2D eigenvalue weighted by Gasteiger charge is 2.14.